The Kier molecular flexibility index (Phi) is 3.39. The fourth-order valence-corrected chi connectivity index (χ4v) is 4.15. The van der Waals surface area contributed by atoms with E-state index in [0.717, 1.165) is 43.8 Å². The number of aryl methyl sites for hydroxylation is 2. The van der Waals surface area contributed by atoms with Gasteiger partial charge < -0.3 is 9.84 Å². The third-order valence-corrected chi connectivity index (χ3v) is 5.34. The molecule has 2 heterocycles. The highest BCUT2D eigenvalue weighted by Gasteiger charge is 2.29. The van der Waals surface area contributed by atoms with Crippen molar-refractivity contribution in [1.82, 2.24) is 14.6 Å². The molecule has 1 N–H and O–H groups in total. The normalized spacial score (nSPS) is 14.6. The van der Waals surface area contributed by atoms with Crippen LogP contribution in [0, 0.1) is 13.8 Å². The topological polar surface area (TPSA) is 59.7 Å². The van der Waals surface area contributed by atoms with Gasteiger partial charge in [-0.25, -0.2) is 9.50 Å². The Hall–Kier alpha value is -1.92. The Bertz CT molecular complexity index is 893. The number of fused-ring (bicyclic) bond motifs is 1. The standard InChI is InChI=1S/C17H19N3O2S/c1-9-6-10(2)15(22-3)12(7-9)14-13(8-21)20-17(18-14)23-16(19-20)11-4-5-11/h6-7,11,21H,4-5,8H2,1-3H3. The van der Waals surface area contributed by atoms with Crippen LogP contribution >= 0.6 is 11.3 Å². The average Bonchev–Trinajstić information content (AvgIpc) is 3.19. The van der Waals surface area contributed by atoms with Gasteiger partial charge in [0.1, 0.15) is 16.5 Å². The van der Waals surface area contributed by atoms with Crippen molar-refractivity contribution >= 4 is 16.3 Å². The third kappa shape index (κ3) is 2.33. The lowest BCUT2D eigenvalue weighted by Gasteiger charge is -2.12. The zero-order chi connectivity index (χ0) is 16.1. The predicted octanol–water partition coefficient (Wildman–Crippen LogP) is 3.45. The summed E-state index contributed by atoms with van der Waals surface area (Å²) < 4.78 is 7.38. The Morgan fingerprint density at radius 1 is 1.35 bits per heavy atom. The van der Waals surface area contributed by atoms with Gasteiger partial charge in [0.05, 0.1) is 19.4 Å². The van der Waals surface area contributed by atoms with Crippen LogP contribution in [0.3, 0.4) is 0 Å². The van der Waals surface area contributed by atoms with Gasteiger partial charge in [-0.1, -0.05) is 17.4 Å². The van der Waals surface area contributed by atoms with Crippen LogP contribution in [-0.4, -0.2) is 26.8 Å². The molecule has 1 aliphatic rings. The number of aromatic nitrogens is 3. The first-order chi connectivity index (χ1) is 11.1. The van der Waals surface area contributed by atoms with Crippen molar-refractivity contribution in [2.75, 3.05) is 7.11 Å². The van der Waals surface area contributed by atoms with Gasteiger partial charge in [-0.05, 0) is 43.9 Å². The molecule has 4 rings (SSSR count). The predicted molar refractivity (Wildman–Crippen MR) is 90.2 cm³/mol. The van der Waals surface area contributed by atoms with Crippen molar-refractivity contribution in [1.29, 1.82) is 0 Å². The van der Waals surface area contributed by atoms with Crippen LogP contribution in [0.15, 0.2) is 12.1 Å². The molecule has 0 atom stereocenters. The third-order valence-electron chi connectivity index (χ3n) is 4.27. The monoisotopic (exact) mass is 329 g/mol. The average molecular weight is 329 g/mol. The van der Waals surface area contributed by atoms with Crippen molar-refractivity contribution in [3.05, 3.63) is 34.0 Å². The summed E-state index contributed by atoms with van der Waals surface area (Å²) >= 11 is 1.62. The zero-order valence-corrected chi connectivity index (χ0v) is 14.3. The van der Waals surface area contributed by atoms with E-state index >= 15 is 0 Å². The number of benzene rings is 1. The Morgan fingerprint density at radius 3 is 2.78 bits per heavy atom. The zero-order valence-electron chi connectivity index (χ0n) is 13.5. The van der Waals surface area contributed by atoms with Crippen LogP contribution in [0.4, 0.5) is 0 Å². The van der Waals surface area contributed by atoms with Crippen LogP contribution in [-0.2, 0) is 6.61 Å². The van der Waals surface area contributed by atoms with E-state index in [1.165, 1.54) is 12.8 Å². The fourth-order valence-electron chi connectivity index (χ4n) is 3.06. The molecule has 120 valence electrons. The summed E-state index contributed by atoms with van der Waals surface area (Å²) in [5, 5.41) is 15.7. The Morgan fingerprint density at radius 2 is 2.13 bits per heavy atom. The number of rotatable bonds is 4. The molecule has 23 heavy (non-hydrogen) atoms. The number of hydrogen-bond acceptors (Lipinski definition) is 5. The molecule has 0 radical (unpaired) electrons. The van der Waals surface area contributed by atoms with E-state index in [1.807, 2.05) is 6.92 Å². The van der Waals surface area contributed by atoms with Gasteiger partial charge >= 0.3 is 0 Å². The first-order valence-corrected chi connectivity index (χ1v) is 8.58. The maximum Gasteiger partial charge on any atom is 0.213 e. The molecular weight excluding hydrogens is 310 g/mol. The van der Waals surface area contributed by atoms with Crippen molar-refractivity contribution < 1.29 is 9.84 Å². The first kappa shape index (κ1) is 14.7. The van der Waals surface area contributed by atoms with Gasteiger partial charge in [-0.2, -0.15) is 5.10 Å². The van der Waals surface area contributed by atoms with E-state index in [1.54, 1.807) is 23.0 Å². The molecule has 1 aliphatic carbocycles. The summed E-state index contributed by atoms with van der Waals surface area (Å²) in [5.74, 6) is 1.39. The maximum absolute atomic E-state index is 9.90. The number of aliphatic hydroxyl groups is 1. The number of hydrogen-bond donors (Lipinski definition) is 1. The van der Waals surface area contributed by atoms with Crippen LogP contribution in [0.1, 0.15) is 40.6 Å². The highest BCUT2D eigenvalue weighted by Crippen LogP contribution is 2.43. The molecular formula is C17H19N3O2S. The Labute approximate surface area is 138 Å². The molecule has 1 saturated carbocycles. The smallest absolute Gasteiger partial charge is 0.213 e. The summed E-state index contributed by atoms with van der Waals surface area (Å²) in [6.07, 6.45) is 2.42. The number of aliphatic hydroxyl groups excluding tert-OH is 1. The lowest BCUT2D eigenvalue weighted by molar-refractivity contribution is 0.275. The lowest BCUT2D eigenvalue weighted by atomic mass is 10.0. The molecule has 0 saturated heterocycles. The maximum atomic E-state index is 9.90. The molecule has 0 bridgehead atoms. The quantitative estimate of drug-likeness (QED) is 0.796. The van der Waals surface area contributed by atoms with Crippen molar-refractivity contribution in [3.8, 4) is 17.0 Å². The first-order valence-electron chi connectivity index (χ1n) is 7.77. The molecule has 2 aromatic heterocycles. The van der Waals surface area contributed by atoms with Gasteiger partial charge in [0.15, 0.2) is 0 Å². The number of imidazole rings is 1. The fraction of sp³-hybridized carbons (Fsp3) is 0.412. The minimum atomic E-state index is -0.0967. The Balaban J connectivity index is 1.93. The van der Waals surface area contributed by atoms with Crippen LogP contribution in [0.2, 0.25) is 0 Å². The highest BCUT2D eigenvalue weighted by molar-refractivity contribution is 7.16. The second-order valence-electron chi connectivity index (χ2n) is 6.14. The van der Waals surface area contributed by atoms with Gasteiger partial charge in [-0.3, -0.25) is 0 Å². The molecule has 0 aliphatic heterocycles. The summed E-state index contributed by atoms with van der Waals surface area (Å²) in [6.45, 7) is 3.98. The number of methoxy groups -OCH3 is 1. The van der Waals surface area contributed by atoms with Crippen LogP contribution in [0.5, 0.6) is 5.75 Å². The largest absolute Gasteiger partial charge is 0.496 e. The van der Waals surface area contributed by atoms with E-state index in [2.05, 4.69) is 24.2 Å². The van der Waals surface area contributed by atoms with E-state index in [-0.39, 0.29) is 6.61 Å². The van der Waals surface area contributed by atoms with Crippen LogP contribution < -0.4 is 4.74 Å². The molecule has 0 spiro atoms. The summed E-state index contributed by atoms with van der Waals surface area (Å²) in [6, 6.07) is 4.14. The highest BCUT2D eigenvalue weighted by atomic mass is 32.1. The molecule has 6 heteroatoms. The van der Waals surface area contributed by atoms with E-state index in [0.29, 0.717) is 5.92 Å². The van der Waals surface area contributed by atoms with Gasteiger partial charge in [-0.15, -0.1) is 0 Å². The number of ether oxygens (including phenoxy) is 1. The van der Waals surface area contributed by atoms with Crippen molar-refractivity contribution in [2.45, 2.75) is 39.2 Å². The summed E-state index contributed by atoms with van der Waals surface area (Å²) in [7, 11) is 1.67. The molecule has 5 nitrogen and oxygen atoms in total. The van der Waals surface area contributed by atoms with Gasteiger partial charge in [0, 0.05) is 11.5 Å². The molecule has 0 unspecified atom stereocenters. The van der Waals surface area contributed by atoms with E-state index in [4.69, 9.17) is 9.72 Å². The minimum Gasteiger partial charge on any atom is -0.496 e. The molecule has 0 amide bonds. The van der Waals surface area contributed by atoms with Gasteiger partial charge in [0.2, 0.25) is 4.96 Å². The van der Waals surface area contributed by atoms with E-state index < -0.39 is 0 Å². The summed E-state index contributed by atoms with van der Waals surface area (Å²) in [4.78, 5) is 5.59. The summed E-state index contributed by atoms with van der Waals surface area (Å²) in [5.41, 5.74) is 4.61. The van der Waals surface area contributed by atoms with Crippen LogP contribution in [0.25, 0.3) is 16.2 Å². The molecule has 1 fully saturated rings. The minimum absolute atomic E-state index is 0.0967. The van der Waals surface area contributed by atoms with E-state index in [9.17, 15) is 5.11 Å². The van der Waals surface area contributed by atoms with Crippen molar-refractivity contribution in [2.24, 2.45) is 0 Å². The number of nitrogens with zero attached hydrogens (tertiary/aromatic N) is 3. The van der Waals surface area contributed by atoms with Gasteiger partial charge in [0.25, 0.3) is 0 Å². The molecule has 3 aromatic rings. The second-order valence-corrected chi connectivity index (χ2v) is 7.12. The lowest BCUT2D eigenvalue weighted by Crippen LogP contribution is -1.99. The van der Waals surface area contributed by atoms with Crippen molar-refractivity contribution in [3.63, 3.8) is 0 Å². The second kappa shape index (κ2) is 5.32. The SMILES string of the molecule is COc1c(C)cc(C)cc1-c1nc2sc(C3CC3)nn2c1CO. The molecule has 1 aromatic carbocycles.